The molecule has 0 fully saturated rings. The summed E-state index contributed by atoms with van der Waals surface area (Å²) in [5, 5.41) is 0.0820. The molecule has 0 aliphatic heterocycles. The number of hydrogen-bond donors (Lipinski definition) is 1. The molecule has 2 rings (SSSR count). The van der Waals surface area contributed by atoms with Gasteiger partial charge in [-0.3, -0.25) is 4.98 Å². The molecule has 0 saturated carbocycles. The Morgan fingerprint density at radius 2 is 2.12 bits per heavy atom. The number of pyridine rings is 1. The standard InChI is InChI=1S/C13H12ClFN2/c1-8-5-9(7-17-6-8)13(16)10-3-2-4-11(14)12(10)15/h2-7,13H,16H2,1H3. The monoisotopic (exact) mass is 250 g/mol. The van der Waals surface area contributed by atoms with Gasteiger partial charge in [0.05, 0.1) is 11.1 Å². The van der Waals surface area contributed by atoms with E-state index in [9.17, 15) is 4.39 Å². The van der Waals surface area contributed by atoms with E-state index >= 15 is 0 Å². The second-order valence-corrected chi connectivity index (χ2v) is 4.32. The zero-order valence-corrected chi connectivity index (χ0v) is 10.1. The van der Waals surface area contributed by atoms with Gasteiger partial charge in [-0.2, -0.15) is 0 Å². The molecule has 2 N–H and O–H groups in total. The molecule has 0 spiro atoms. The zero-order chi connectivity index (χ0) is 12.4. The van der Waals surface area contributed by atoms with Crippen LogP contribution in [0, 0.1) is 12.7 Å². The molecule has 1 heterocycles. The predicted octanol–water partition coefficient (Wildman–Crippen LogP) is 3.23. The molecule has 1 aromatic heterocycles. The maximum Gasteiger partial charge on any atom is 0.146 e. The Labute approximate surface area is 104 Å². The van der Waals surface area contributed by atoms with Crippen LogP contribution in [0.15, 0.2) is 36.7 Å². The Kier molecular flexibility index (Phi) is 3.41. The van der Waals surface area contributed by atoms with Crippen LogP contribution in [0.4, 0.5) is 4.39 Å². The normalized spacial score (nSPS) is 12.5. The van der Waals surface area contributed by atoms with Gasteiger partial charge in [-0.1, -0.05) is 29.8 Å². The summed E-state index contributed by atoms with van der Waals surface area (Å²) in [5.41, 5.74) is 8.15. The van der Waals surface area contributed by atoms with E-state index in [4.69, 9.17) is 17.3 Å². The minimum atomic E-state index is -0.555. The summed E-state index contributed by atoms with van der Waals surface area (Å²) in [4.78, 5) is 4.05. The molecule has 0 saturated heterocycles. The maximum absolute atomic E-state index is 13.8. The molecule has 0 amide bonds. The van der Waals surface area contributed by atoms with Crippen molar-refractivity contribution in [3.05, 3.63) is 64.2 Å². The molecule has 4 heteroatoms. The summed E-state index contributed by atoms with van der Waals surface area (Å²) >= 11 is 5.73. The Morgan fingerprint density at radius 3 is 2.82 bits per heavy atom. The Morgan fingerprint density at radius 1 is 1.35 bits per heavy atom. The number of benzene rings is 1. The van der Waals surface area contributed by atoms with Gasteiger partial charge in [0, 0.05) is 18.0 Å². The summed E-state index contributed by atoms with van der Waals surface area (Å²) in [6.07, 6.45) is 3.36. The van der Waals surface area contributed by atoms with E-state index in [1.165, 1.54) is 6.07 Å². The molecule has 0 bridgehead atoms. The van der Waals surface area contributed by atoms with Crippen LogP contribution in [-0.2, 0) is 0 Å². The van der Waals surface area contributed by atoms with Crippen LogP contribution in [0.1, 0.15) is 22.7 Å². The third kappa shape index (κ3) is 2.46. The van der Waals surface area contributed by atoms with Gasteiger partial charge in [0.2, 0.25) is 0 Å². The molecule has 17 heavy (non-hydrogen) atoms. The molecule has 0 aliphatic rings. The van der Waals surface area contributed by atoms with Gasteiger partial charge in [-0.15, -0.1) is 0 Å². The van der Waals surface area contributed by atoms with Crippen molar-refractivity contribution in [3.8, 4) is 0 Å². The molecule has 2 aromatic rings. The van der Waals surface area contributed by atoms with E-state index in [0.717, 1.165) is 11.1 Å². The topological polar surface area (TPSA) is 38.9 Å². The highest BCUT2D eigenvalue weighted by atomic mass is 35.5. The Balaban J connectivity index is 2.44. The molecule has 0 radical (unpaired) electrons. The summed E-state index contributed by atoms with van der Waals surface area (Å²) in [6.45, 7) is 1.91. The van der Waals surface area contributed by atoms with E-state index in [1.807, 2.05) is 13.0 Å². The van der Waals surface area contributed by atoms with Crippen LogP contribution in [0.5, 0.6) is 0 Å². The van der Waals surface area contributed by atoms with E-state index in [0.29, 0.717) is 5.56 Å². The summed E-state index contributed by atoms with van der Waals surface area (Å²) < 4.78 is 13.8. The minimum Gasteiger partial charge on any atom is -0.320 e. The van der Waals surface area contributed by atoms with E-state index in [-0.39, 0.29) is 5.02 Å². The van der Waals surface area contributed by atoms with Gasteiger partial charge in [0.15, 0.2) is 0 Å². The number of nitrogens with zero attached hydrogens (tertiary/aromatic N) is 1. The van der Waals surface area contributed by atoms with Crippen molar-refractivity contribution in [3.63, 3.8) is 0 Å². The minimum absolute atomic E-state index is 0.0820. The fraction of sp³-hybridized carbons (Fsp3) is 0.154. The average molecular weight is 251 g/mol. The number of aryl methyl sites for hydroxylation is 1. The van der Waals surface area contributed by atoms with E-state index in [2.05, 4.69) is 4.98 Å². The van der Waals surface area contributed by atoms with E-state index in [1.54, 1.807) is 24.5 Å². The second-order valence-electron chi connectivity index (χ2n) is 3.92. The molecule has 0 aliphatic carbocycles. The summed E-state index contributed by atoms with van der Waals surface area (Å²) in [5.74, 6) is -0.469. The molecule has 1 unspecified atom stereocenters. The van der Waals surface area contributed by atoms with Crippen LogP contribution >= 0.6 is 11.6 Å². The maximum atomic E-state index is 13.8. The smallest absolute Gasteiger partial charge is 0.146 e. The molecule has 1 atom stereocenters. The molecule has 1 aromatic carbocycles. The Bertz CT molecular complexity index is 543. The van der Waals surface area contributed by atoms with Gasteiger partial charge < -0.3 is 5.73 Å². The third-order valence-electron chi connectivity index (χ3n) is 2.57. The van der Waals surface area contributed by atoms with Crippen molar-refractivity contribution in [1.82, 2.24) is 4.98 Å². The van der Waals surface area contributed by atoms with Crippen molar-refractivity contribution in [1.29, 1.82) is 0 Å². The second kappa shape index (κ2) is 4.82. The fourth-order valence-corrected chi connectivity index (χ4v) is 1.87. The summed E-state index contributed by atoms with van der Waals surface area (Å²) in [6, 6.07) is 6.15. The van der Waals surface area contributed by atoms with Crippen LogP contribution in [0.2, 0.25) is 5.02 Å². The summed E-state index contributed by atoms with van der Waals surface area (Å²) in [7, 11) is 0. The molecule has 2 nitrogen and oxygen atoms in total. The first-order chi connectivity index (χ1) is 8.09. The number of aromatic nitrogens is 1. The van der Waals surface area contributed by atoms with Crippen LogP contribution in [0.25, 0.3) is 0 Å². The first-order valence-corrected chi connectivity index (χ1v) is 5.58. The van der Waals surface area contributed by atoms with Crippen LogP contribution in [0.3, 0.4) is 0 Å². The van der Waals surface area contributed by atoms with Crippen LogP contribution < -0.4 is 5.73 Å². The number of rotatable bonds is 2. The Hall–Kier alpha value is -1.45. The van der Waals surface area contributed by atoms with Crippen LogP contribution in [-0.4, -0.2) is 4.98 Å². The predicted molar refractivity (Wildman–Crippen MR) is 66.4 cm³/mol. The zero-order valence-electron chi connectivity index (χ0n) is 9.32. The van der Waals surface area contributed by atoms with Crippen molar-refractivity contribution in [2.45, 2.75) is 13.0 Å². The number of halogens is 2. The molecular formula is C13H12ClFN2. The van der Waals surface area contributed by atoms with E-state index < -0.39 is 11.9 Å². The first-order valence-electron chi connectivity index (χ1n) is 5.20. The van der Waals surface area contributed by atoms with Crippen molar-refractivity contribution >= 4 is 11.6 Å². The highest BCUT2D eigenvalue weighted by Crippen LogP contribution is 2.26. The lowest BCUT2D eigenvalue weighted by molar-refractivity contribution is 0.600. The molecular weight excluding hydrogens is 239 g/mol. The lowest BCUT2D eigenvalue weighted by Crippen LogP contribution is -2.14. The van der Waals surface area contributed by atoms with Gasteiger partial charge in [0.25, 0.3) is 0 Å². The highest BCUT2D eigenvalue weighted by molar-refractivity contribution is 6.30. The van der Waals surface area contributed by atoms with Gasteiger partial charge >= 0.3 is 0 Å². The third-order valence-corrected chi connectivity index (χ3v) is 2.86. The van der Waals surface area contributed by atoms with Crippen molar-refractivity contribution in [2.24, 2.45) is 5.73 Å². The van der Waals surface area contributed by atoms with Crippen molar-refractivity contribution in [2.75, 3.05) is 0 Å². The van der Waals surface area contributed by atoms with Crippen molar-refractivity contribution < 1.29 is 4.39 Å². The fourth-order valence-electron chi connectivity index (χ4n) is 1.69. The largest absolute Gasteiger partial charge is 0.320 e. The number of nitrogens with two attached hydrogens (primary N) is 1. The quantitative estimate of drug-likeness (QED) is 0.889. The lowest BCUT2D eigenvalue weighted by Gasteiger charge is -2.14. The van der Waals surface area contributed by atoms with Gasteiger partial charge in [-0.05, 0) is 24.1 Å². The van der Waals surface area contributed by atoms with Gasteiger partial charge in [0.1, 0.15) is 5.82 Å². The highest BCUT2D eigenvalue weighted by Gasteiger charge is 2.15. The molecule has 88 valence electrons. The number of hydrogen-bond acceptors (Lipinski definition) is 2. The lowest BCUT2D eigenvalue weighted by atomic mass is 10.00. The van der Waals surface area contributed by atoms with Gasteiger partial charge in [-0.25, -0.2) is 4.39 Å². The average Bonchev–Trinajstić information content (AvgIpc) is 2.32. The SMILES string of the molecule is Cc1cncc(C(N)c2cccc(Cl)c2F)c1. The first kappa shape index (κ1) is 12.0.